The van der Waals surface area contributed by atoms with Crippen LogP contribution in [0.15, 0.2) is 48.5 Å². The van der Waals surface area contributed by atoms with Gasteiger partial charge in [0.05, 0.1) is 16.9 Å². The number of urea groups is 1. The van der Waals surface area contributed by atoms with E-state index in [2.05, 4.69) is 16.0 Å². The van der Waals surface area contributed by atoms with E-state index < -0.39 is 23.5 Å². The Balaban J connectivity index is 1.67. The zero-order valence-corrected chi connectivity index (χ0v) is 20.0. The highest BCUT2D eigenvalue weighted by molar-refractivity contribution is 6.15. The van der Waals surface area contributed by atoms with Crippen LogP contribution >= 0.6 is 0 Å². The molecule has 0 spiro atoms. The van der Waals surface area contributed by atoms with Gasteiger partial charge in [-0.3, -0.25) is 14.5 Å². The average Bonchev–Trinajstić information content (AvgIpc) is 2.78. The van der Waals surface area contributed by atoms with Gasteiger partial charge in [0, 0.05) is 12.6 Å². The molecule has 1 heterocycles. The summed E-state index contributed by atoms with van der Waals surface area (Å²) >= 11 is 0. The minimum absolute atomic E-state index is 0.0280. The molecule has 0 aliphatic carbocycles. The highest BCUT2D eigenvalue weighted by atomic mass is 16.5. The maximum Gasteiger partial charge on any atom is 0.338 e. The lowest BCUT2D eigenvalue weighted by molar-refractivity contribution is -0.131. The van der Waals surface area contributed by atoms with Gasteiger partial charge in [0.25, 0.3) is 5.91 Å². The Morgan fingerprint density at radius 2 is 1.68 bits per heavy atom. The number of carbonyl (C=O) groups excluding carboxylic acids is 4. The smallest absolute Gasteiger partial charge is 0.338 e. The minimum atomic E-state index is -1.16. The molecule has 1 atom stereocenters. The van der Waals surface area contributed by atoms with Crippen molar-refractivity contribution in [3.63, 3.8) is 0 Å². The molecule has 1 unspecified atom stereocenters. The first kappa shape index (κ1) is 24.8. The monoisotopic (exact) mass is 466 g/mol. The van der Waals surface area contributed by atoms with Gasteiger partial charge in [-0.1, -0.05) is 24.3 Å². The van der Waals surface area contributed by atoms with Crippen LogP contribution in [-0.2, 0) is 20.9 Å². The molecular weight excluding hydrogens is 436 g/mol. The van der Waals surface area contributed by atoms with Crippen LogP contribution in [0.4, 0.5) is 16.2 Å². The van der Waals surface area contributed by atoms with E-state index >= 15 is 0 Å². The zero-order chi connectivity index (χ0) is 25.0. The van der Waals surface area contributed by atoms with Gasteiger partial charge in [0.1, 0.15) is 5.54 Å². The first-order valence-electron chi connectivity index (χ1n) is 11.1. The molecular formula is C25H30N4O5. The molecule has 2 aromatic carbocycles. The number of esters is 1. The van der Waals surface area contributed by atoms with Gasteiger partial charge in [0.15, 0.2) is 6.10 Å². The molecule has 1 aliphatic rings. The van der Waals surface area contributed by atoms with Crippen LogP contribution in [0.25, 0.3) is 0 Å². The van der Waals surface area contributed by atoms with Gasteiger partial charge in [0.2, 0.25) is 5.91 Å². The van der Waals surface area contributed by atoms with E-state index in [-0.39, 0.29) is 23.5 Å². The number of amides is 4. The van der Waals surface area contributed by atoms with Crippen molar-refractivity contribution >= 4 is 35.2 Å². The summed E-state index contributed by atoms with van der Waals surface area (Å²) in [6, 6.07) is 13.3. The van der Waals surface area contributed by atoms with Crippen LogP contribution in [0.5, 0.6) is 0 Å². The van der Waals surface area contributed by atoms with E-state index in [1.54, 1.807) is 62.4 Å². The fourth-order valence-electron chi connectivity index (χ4n) is 3.56. The summed E-state index contributed by atoms with van der Waals surface area (Å²) in [6.07, 6.45) is -1.12. The molecule has 9 heteroatoms. The fraction of sp³-hybridized carbons (Fsp3) is 0.360. The zero-order valence-electron chi connectivity index (χ0n) is 20.0. The van der Waals surface area contributed by atoms with Gasteiger partial charge in [-0.15, -0.1) is 0 Å². The number of carbonyl (C=O) groups is 4. The lowest BCUT2D eigenvalue weighted by atomic mass is 9.95. The maximum atomic E-state index is 13.3. The van der Waals surface area contributed by atoms with Gasteiger partial charge in [-0.2, -0.15) is 0 Å². The predicted octanol–water partition coefficient (Wildman–Crippen LogP) is 3.20. The summed E-state index contributed by atoms with van der Waals surface area (Å²) in [7, 11) is 0. The van der Waals surface area contributed by atoms with Crippen LogP contribution in [0.2, 0.25) is 0 Å². The quantitative estimate of drug-likeness (QED) is 0.565. The number of hydrogen-bond donors (Lipinski definition) is 3. The first-order valence-corrected chi connectivity index (χ1v) is 11.1. The third-order valence-corrected chi connectivity index (χ3v) is 5.42. The van der Waals surface area contributed by atoms with E-state index in [1.807, 2.05) is 13.8 Å². The van der Waals surface area contributed by atoms with Crippen molar-refractivity contribution in [3.05, 3.63) is 59.7 Å². The summed E-state index contributed by atoms with van der Waals surface area (Å²) < 4.78 is 5.44. The van der Waals surface area contributed by atoms with Crippen LogP contribution in [0.3, 0.4) is 0 Å². The summed E-state index contributed by atoms with van der Waals surface area (Å²) in [4.78, 5) is 51.6. The first-order chi connectivity index (χ1) is 16.0. The molecule has 34 heavy (non-hydrogen) atoms. The van der Waals surface area contributed by atoms with Crippen molar-refractivity contribution < 1.29 is 23.9 Å². The van der Waals surface area contributed by atoms with E-state index in [0.717, 1.165) is 5.56 Å². The number of benzene rings is 2. The lowest BCUT2D eigenvalue weighted by Gasteiger charge is -2.42. The Kier molecular flexibility index (Phi) is 7.24. The van der Waals surface area contributed by atoms with E-state index in [4.69, 9.17) is 4.74 Å². The second-order valence-electron chi connectivity index (χ2n) is 8.93. The largest absolute Gasteiger partial charge is 0.449 e. The SMILES string of the molecule is CC(C)NC(=O)NCc1ccc(C(=O)OC(C)C(=O)N2c3ccccc3NC(=O)C2(C)C)cc1. The molecule has 0 saturated carbocycles. The molecule has 0 fully saturated rings. The maximum absolute atomic E-state index is 13.3. The molecule has 4 amide bonds. The van der Waals surface area contributed by atoms with E-state index in [1.165, 1.54) is 11.8 Å². The number of hydrogen-bond acceptors (Lipinski definition) is 5. The van der Waals surface area contributed by atoms with Gasteiger partial charge in [-0.25, -0.2) is 9.59 Å². The molecule has 3 N–H and O–H groups in total. The van der Waals surface area contributed by atoms with Crippen LogP contribution in [0.1, 0.15) is 50.5 Å². The van der Waals surface area contributed by atoms with Crippen LogP contribution in [-0.4, -0.2) is 41.5 Å². The van der Waals surface area contributed by atoms with Gasteiger partial charge in [-0.05, 0) is 64.4 Å². The predicted molar refractivity (Wildman–Crippen MR) is 128 cm³/mol. The summed E-state index contributed by atoms with van der Waals surface area (Å²) in [5, 5.41) is 8.27. The molecule has 2 aromatic rings. The van der Waals surface area contributed by atoms with Crippen molar-refractivity contribution in [3.8, 4) is 0 Å². The Morgan fingerprint density at radius 1 is 1.03 bits per heavy atom. The molecule has 9 nitrogen and oxygen atoms in total. The average molecular weight is 467 g/mol. The summed E-state index contributed by atoms with van der Waals surface area (Å²) in [6.45, 7) is 8.79. The van der Waals surface area contributed by atoms with Crippen molar-refractivity contribution in [1.29, 1.82) is 0 Å². The summed E-state index contributed by atoms with van der Waals surface area (Å²) in [5.41, 5.74) is 0.967. The molecule has 180 valence electrons. The molecule has 0 bridgehead atoms. The fourth-order valence-corrected chi connectivity index (χ4v) is 3.56. The third-order valence-electron chi connectivity index (χ3n) is 5.42. The van der Waals surface area contributed by atoms with Crippen molar-refractivity contribution in [2.45, 2.75) is 58.8 Å². The molecule has 3 rings (SSSR count). The van der Waals surface area contributed by atoms with E-state index in [9.17, 15) is 19.2 Å². The van der Waals surface area contributed by atoms with Crippen molar-refractivity contribution in [2.24, 2.45) is 0 Å². The number of para-hydroxylation sites is 2. The molecule has 0 aromatic heterocycles. The number of rotatable bonds is 6. The van der Waals surface area contributed by atoms with Crippen molar-refractivity contribution in [2.75, 3.05) is 10.2 Å². The Labute approximate surface area is 198 Å². The van der Waals surface area contributed by atoms with Gasteiger partial charge < -0.3 is 20.7 Å². The normalized spacial score (nSPS) is 15.1. The minimum Gasteiger partial charge on any atom is -0.449 e. The number of ether oxygens (including phenoxy) is 1. The number of fused-ring (bicyclic) bond motifs is 1. The second kappa shape index (κ2) is 9.94. The van der Waals surface area contributed by atoms with Crippen LogP contribution < -0.4 is 20.9 Å². The Hall–Kier alpha value is -3.88. The molecule has 1 aliphatic heterocycles. The van der Waals surface area contributed by atoms with E-state index in [0.29, 0.717) is 17.9 Å². The highest BCUT2D eigenvalue weighted by Gasteiger charge is 2.45. The second-order valence-corrected chi connectivity index (χ2v) is 8.93. The third kappa shape index (κ3) is 5.36. The number of nitrogens with one attached hydrogen (secondary N) is 3. The van der Waals surface area contributed by atoms with Gasteiger partial charge >= 0.3 is 12.0 Å². The topological polar surface area (TPSA) is 117 Å². The number of anilines is 2. The Morgan fingerprint density at radius 3 is 2.32 bits per heavy atom. The van der Waals surface area contributed by atoms with Crippen molar-refractivity contribution in [1.82, 2.24) is 10.6 Å². The number of nitrogens with zero attached hydrogens (tertiary/aromatic N) is 1. The Bertz CT molecular complexity index is 1090. The summed E-state index contributed by atoms with van der Waals surface area (Å²) in [5.74, 6) is -1.49. The highest BCUT2D eigenvalue weighted by Crippen LogP contribution is 2.37. The molecule has 0 saturated heterocycles. The standard InChI is InChI=1S/C25H30N4O5/c1-15(2)27-24(33)26-14-17-10-12-18(13-11-17)22(31)34-16(3)21(30)29-20-9-7-6-8-19(20)28-23(32)25(29,4)5/h6-13,15-16H,14H2,1-5H3,(H,28,32)(H2,26,27,33). The van der Waals surface area contributed by atoms with Crippen LogP contribution in [0, 0.1) is 0 Å². The lowest BCUT2D eigenvalue weighted by Crippen LogP contribution is -2.60. The molecule has 0 radical (unpaired) electrons.